The van der Waals surface area contributed by atoms with Crippen molar-refractivity contribution in [2.75, 3.05) is 5.59 Å². The van der Waals surface area contributed by atoms with Gasteiger partial charge in [0.25, 0.3) is 0 Å². The van der Waals surface area contributed by atoms with Crippen LogP contribution in [0.5, 0.6) is 0 Å². The summed E-state index contributed by atoms with van der Waals surface area (Å²) in [5, 5.41) is 15.9. The van der Waals surface area contributed by atoms with Crippen LogP contribution in [0, 0.1) is 0 Å². The van der Waals surface area contributed by atoms with Gasteiger partial charge in [0.15, 0.2) is 0 Å². The highest BCUT2D eigenvalue weighted by Crippen LogP contribution is 2.06. The van der Waals surface area contributed by atoms with Crippen molar-refractivity contribution >= 4 is 11.0 Å². The second kappa shape index (κ2) is 2.21. The Balaban J connectivity index is 2.76. The minimum Gasteiger partial charge on any atom is -0.274 e. The van der Waals surface area contributed by atoms with Crippen LogP contribution in [0.2, 0.25) is 0 Å². The molecule has 2 N–H and O–H groups in total. The number of aromatic nitrogens is 3. The van der Waals surface area contributed by atoms with Crippen LogP contribution in [-0.2, 0) is 0 Å². The molecule has 1 aromatic carbocycles. The largest absolute Gasteiger partial charge is 0.274 e. The molecule has 0 aliphatic carbocycles. The molecule has 11 heavy (non-hydrogen) atoms. The van der Waals surface area contributed by atoms with E-state index in [9.17, 15) is 0 Å². The maximum atomic E-state index is 8.53. The van der Waals surface area contributed by atoms with Crippen molar-refractivity contribution in [3.8, 4) is 0 Å². The third-order valence-electron chi connectivity index (χ3n) is 1.45. The lowest BCUT2D eigenvalue weighted by Crippen LogP contribution is -2.10. The molecule has 0 saturated heterocycles. The fourth-order valence-corrected chi connectivity index (χ4v) is 0.943. The summed E-state index contributed by atoms with van der Waals surface area (Å²) in [6.07, 6.45) is 0. The standard InChI is InChI=1S/C6H6N4O/c11-9-10-6-4-2-1-3-5(6)7-8-10/h1-4,9,11H. The minimum atomic E-state index is 0.744. The van der Waals surface area contributed by atoms with Gasteiger partial charge in [0, 0.05) is 0 Å². The maximum Gasteiger partial charge on any atom is 0.115 e. The molecule has 0 amide bonds. The van der Waals surface area contributed by atoms with Gasteiger partial charge in [-0.05, 0) is 17.3 Å². The summed E-state index contributed by atoms with van der Waals surface area (Å²) in [6, 6.07) is 7.33. The van der Waals surface area contributed by atoms with Gasteiger partial charge < -0.3 is 0 Å². The molecule has 1 heterocycles. The highest BCUT2D eigenvalue weighted by molar-refractivity contribution is 5.73. The molecule has 0 atom stereocenters. The Morgan fingerprint density at radius 2 is 2.18 bits per heavy atom. The number of hydrogen-bond donors (Lipinski definition) is 2. The van der Waals surface area contributed by atoms with Crippen LogP contribution in [0.25, 0.3) is 11.0 Å². The average molecular weight is 150 g/mol. The lowest BCUT2D eigenvalue weighted by molar-refractivity contribution is 0.304. The molecule has 0 aliphatic heterocycles. The molecule has 1 aromatic heterocycles. The number of fused-ring (bicyclic) bond motifs is 1. The van der Waals surface area contributed by atoms with E-state index in [0.717, 1.165) is 11.0 Å². The monoisotopic (exact) mass is 150 g/mol. The Kier molecular flexibility index (Phi) is 1.23. The predicted octanol–water partition coefficient (Wildman–Crippen LogP) is 0.364. The van der Waals surface area contributed by atoms with E-state index in [1.165, 1.54) is 4.79 Å². The van der Waals surface area contributed by atoms with Crippen molar-refractivity contribution < 1.29 is 5.21 Å². The van der Waals surface area contributed by atoms with E-state index in [1.807, 2.05) is 23.8 Å². The van der Waals surface area contributed by atoms with Crippen molar-refractivity contribution in [2.45, 2.75) is 0 Å². The first-order valence-electron chi connectivity index (χ1n) is 3.12. The lowest BCUT2D eigenvalue weighted by atomic mass is 10.3. The second-order valence-electron chi connectivity index (χ2n) is 2.09. The van der Waals surface area contributed by atoms with E-state index in [4.69, 9.17) is 5.21 Å². The van der Waals surface area contributed by atoms with Crippen molar-refractivity contribution in [3.63, 3.8) is 0 Å². The fraction of sp³-hybridized carbons (Fsp3) is 0. The summed E-state index contributed by atoms with van der Waals surface area (Å²) in [6.45, 7) is 0. The number of para-hydroxylation sites is 1. The molecule has 0 aliphatic rings. The number of nitrogens with one attached hydrogen (secondary N) is 1. The molecule has 0 fully saturated rings. The molecular formula is C6H6N4O. The third-order valence-corrected chi connectivity index (χ3v) is 1.45. The van der Waals surface area contributed by atoms with Crippen LogP contribution >= 0.6 is 0 Å². The molecule has 5 nitrogen and oxygen atoms in total. The summed E-state index contributed by atoms with van der Waals surface area (Å²) in [5.74, 6) is 0. The lowest BCUT2D eigenvalue weighted by Gasteiger charge is -1.94. The van der Waals surface area contributed by atoms with Gasteiger partial charge in [-0.25, -0.2) is 0 Å². The Labute approximate surface area is 62.2 Å². The number of nitrogens with zero attached hydrogens (tertiary/aromatic N) is 3. The van der Waals surface area contributed by atoms with Gasteiger partial charge in [-0.3, -0.25) is 5.21 Å². The fourth-order valence-electron chi connectivity index (χ4n) is 0.943. The Morgan fingerprint density at radius 3 is 3.00 bits per heavy atom. The Bertz CT molecular complexity index is 369. The van der Waals surface area contributed by atoms with E-state index in [0.29, 0.717) is 0 Å². The van der Waals surface area contributed by atoms with Gasteiger partial charge in [-0.1, -0.05) is 12.1 Å². The number of rotatable bonds is 1. The zero-order chi connectivity index (χ0) is 7.68. The second-order valence-corrected chi connectivity index (χ2v) is 2.09. The number of hydrogen-bond acceptors (Lipinski definition) is 4. The van der Waals surface area contributed by atoms with Crippen LogP contribution in [-0.4, -0.2) is 20.3 Å². The first-order chi connectivity index (χ1) is 5.42. The molecule has 0 bridgehead atoms. The normalized spacial score (nSPS) is 10.3. The van der Waals surface area contributed by atoms with Gasteiger partial charge in [0.05, 0.1) is 0 Å². The van der Waals surface area contributed by atoms with Gasteiger partial charge in [-0.15, -0.1) is 9.89 Å². The summed E-state index contributed by atoms with van der Waals surface area (Å²) in [4.78, 5) is 1.19. The summed E-state index contributed by atoms with van der Waals surface area (Å²) >= 11 is 0. The zero-order valence-electron chi connectivity index (χ0n) is 5.60. The Morgan fingerprint density at radius 1 is 1.36 bits per heavy atom. The minimum absolute atomic E-state index is 0.744. The molecule has 0 saturated carbocycles. The molecule has 0 radical (unpaired) electrons. The third kappa shape index (κ3) is 0.821. The van der Waals surface area contributed by atoms with Gasteiger partial charge in [0.2, 0.25) is 0 Å². The summed E-state index contributed by atoms with van der Waals surface area (Å²) < 4.78 is 0. The van der Waals surface area contributed by atoms with Crippen LogP contribution < -0.4 is 5.59 Å². The maximum absolute atomic E-state index is 8.53. The van der Waals surface area contributed by atoms with Crippen molar-refractivity contribution in [1.82, 2.24) is 15.1 Å². The van der Waals surface area contributed by atoms with E-state index < -0.39 is 0 Å². The molecule has 5 heteroatoms. The molecule has 0 spiro atoms. The van der Waals surface area contributed by atoms with E-state index in [1.54, 1.807) is 6.07 Å². The molecule has 2 rings (SSSR count). The van der Waals surface area contributed by atoms with Crippen LogP contribution in [0.15, 0.2) is 24.3 Å². The van der Waals surface area contributed by atoms with E-state index in [-0.39, 0.29) is 0 Å². The predicted molar refractivity (Wildman–Crippen MR) is 38.7 cm³/mol. The van der Waals surface area contributed by atoms with Crippen LogP contribution in [0.3, 0.4) is 0 Å². The molecule has 0 unspecified atom stereocenters. The Hall–Kier alpha value is -1.62. The van der Waals surface area contributed by atoms with Crippen molar-refractivity contribution in [1.29, 1.82) is 0 Å². The van der Waals surface area contributed by atoms with Crippen LogP contribution in [0.1, 0.15) is 0 Å². The SMILES string of the molecule is ONn1nnc2ccccc21. The van der Waals surface area contributed by atoms with Crippen molar-refractivity contribution in [3.05, 3.63) is 24.3 Å². The first kappa shape index (κ1) is 6.11. The van der Waals surface area contributed by atoms with Crippen LogP contribution in [0.4, 0.5) is 0 Å². The highest BCUT2D eigenvalue weighted by atomic mass is 16.5. The highest BCUT2D eigenvalue weighted by Gasteiger charge is 1.99. The van der Waals surface area contributed by atoms with Gasteiger partial charge >= 0.3 is 0 Å². The van der Waals surface area contributed by atoms with Crippen molar-refractivity contribution in [2.24, 2.45) is 0 Å². The first-order valence-corrected chi connectivity index (χ1v) is 3.12. The zero-order valence-corrected chi connectivity index (χ0v) is 5.60. The quantitative estimate of drug-likeness (QED) is 0.576. The summed E-state index contributed by atoms with van der Waals surface area (Å²) in [7, 11) is 0. The van der Waals surface area contributed by atoms with Gasteiger partial charge in [-0.2, -0.15) is 5.59 Å². The van der Waals surface area contributed by atoms with Gasteiger partial charge in [0.1, 0.15) is 11.0 Å². The van der Waals surface area contributed by atoms with E-state index in [2.05, 4.69) is 10.3 Å². The number of benzene rings is 1. The molecular weight excluding hydrogens is 144 g/mol. The smallest absolute Gasteiger partial charge is 0.115 e. The average Bonchev–Trinajstić information content (AvgIpc) is 2.47. The molecule has 2 aromatic rings. The summed E-state index contributed by atoms with van der Waals surface area (Å²) in [5.41, 5.74) is 3.38. The van der Waals surface area contributed by atoms with E-state index >= 15 is 0 Å². The topological polar surface area (TPSA) is 63.0 Å². The molecule has 56 valence electrons.